The van der Waals surface area contributed by atoms with Gasteiger partial charge < -0.3 is 0 Å². The molecule has 0 unspecified atom stereocenters. The zero-order valence-electron chi connectivity index (χ0n) is 6.28. The lowest BCUT2D eigenvalue weighted by Gasteiger charge is -1.99. The molecule has 0 fully saturated rings. The Labute approximate surface area is 54.2 Å². The second-order valence-corrected chi connectivity index (χ2v) is 5.29. The van der Waals surface area contributed by atoms with Crippen LogP contribution in [0.2, 0.25) is 19.1 Å². The lowest BCUT2D eigenvalue weighted by atomic mass is 10.3. The number of allylic oxidation sites excluding steroid dienone is 2. The van der Waals surface area contributed by atoms with Gasteiger partial charge >= 0.3 is 0 Å². The predicted octanol–water partition coefficient (Wildman–Crippen LogP) is 2.71. The van der Waals surface area contributed by atoms with Crippen LogP contribution in [-0.2, 0) is 0 Å². The molecule has 0 amide bonds. The van der Waals surface area contributed by atoms with E-state index in [1.54, 1.807) is 5.57 Å². The molecule has 0 aliphatic rings. The van der Waals surface area contributed by atoms with E-state index in [1.165, 1.54) is 6.04 Å². The Morgan fingerprint density at radius 1 is 1.50 bits per heavy atom. The van der Waals surface area contributed by atoms with Crippen molar-refractivity contribution >= 4 is 8.80 Å². The van der Waals surface area contributed by atoms with Gasteiger partial charge in [-0.15, -0.1) is 0 Å². The van der Waals surface area contributed by atoms with Gasteiger partial charge in [0, 0.05) is 8.80 Å². The minimum Gasteiger partial charge on any atom is -0.0890 e. The number of hydrogen-bond donors (Lipinski definition) is 0. The zero-order chi connectivity index (χ0) is 6.57. The molecule has 0 nitrogen and oxygen atoms in total. The van der Waals surface area contributed by atoms with Gasteiger partial charge in [-0.1, -0.05) is 24.7 Å². The van der Waals surface area contributed by atoms with Gasteiger partial charge in [-0.3, -0.25) is 0 Å². The third-order valence-electron chi connectivity index (χ3n) is 1.13. The first kappa shape index (κ1) is 7.96. The first-order chi connectivity index (χ1) is 3.66. The highest BCUT2D eigenvalue weighted by molar-refractivity contribution is 6.56. The summed E-state index contributed by atoms with van der Waals surface area (Å²) in [5, 5.41) is 0. The summed E-state index contributed by atoms with van der Waals surface area (Å²) in [6.07, 6.45) is 2.21. The molecule has 0 heterocycles. The number of hydrogen-bond acceptors (Lipinski definition) is 0. The van der Waals surface area contributed by atoms with Crippen molar-refractivity contribution in [1.82, 2.24) is 0 Å². The fourth-order valence-corrected chi connectivity index (χ4v) is 1.98. The fourth-order valence-electron chi connectivity index (χ4n) is 0.660. The summed E-state index contributed by atoms with van der Waals surface area (Å²) in [6, 6.07) is 1.35. The molecular formula is C7H15Si. The maximum absolute atomic E-state index is 2.34. The molecule has 0 bridgehead atoms. The van der Waals surface area contributed by atoms with E-state index >= 15 is 0 Å². The van der Waals surface area contributed by atoms with E-state index in [0.717, 1.165) is 0 Å². The van der Waals surface area contributed by atoms with E-state index in [9.17, 15) is 0 Å². The molecular weight excluding hydrogens is 112 g/mol. The van der Waals surface area contributed by atoms with Crippen LogP contribution in [0.3, 0.4) is 0 Å². The van der Waals surface area contributed by atoms with Crippen LogP contribution < -0.4 is 0 Å². The summed E-state index contributed by atoms with van der Waals surface area (Å²) >= 11 is 0. The summed E-state index contributed by atoms with van der Waals surface area (Å²) in [5.41, 5.74) is 1.55. The van der Waals surface area contributed by atoms with Crippen molar-refractivity contribution in [3.63, 3.8) is 0 Å². The Bertz CT molecular complexity index is 82.4. The average molecular weight is 127 g/mol. The molecule has 0 N–H and O–H groups in total. The maximum atomic E-state index is 2.34. The Balaban J connectivity index is 3.39. The van der Waals surface area contributed by atoms with Crippen molar-refractivity contribution in [1.29, 1.82) is 0 Å². The predicted molar refractivity (Wildman–Crippen MR) is 41.7 cm³/mol. The third kappa shape index (κ3) is 4.12. The second-order valence-electron chi connectivity index (χ2n) is 2.52. The van der Waals surface area contributed by atoms with Gasteiger partial charge in [0.2, 0.25) is 0 Å². The van der Waals surface area contributed by atoms with Gasteiger partial charge in [0.1, 0.15) is 0 Å². The van der Waals surface area contributed by atoms with Gasteiger partial charge in [-0.2, -0.15) is 0 Å². The highest BCUT2D eigenvalue weighted by Crippen LogP contribution is 2.03. The molecule has 47 valence electrons. The molecule has 0 atom stereocenters. The molecule has 0 rings (SSSR count). The summed E-state index contributed by atoms with van der Waals surface area (Å²) in [4.78, 5) is 0. The molecule has 0 aliphatic carbocycles. The molecule has 0 saturated heterocycles. The van der Waals surface area contributed by atoms with E-state index in [0.29, 0.717) is 0 Å². The van der Waals surface area contributed by atoms with Crippen molar-refractivity contribution < 1.29 is 0 Å². The standard InChI is InChI=1S/C7H15Si/c1-5-7(2)6-8(3)4/h5H,6H2,1-4H3/b7-5+. The smallest absolute Gasteiger partial charge is 0.0455 e. The monoisotopic (exact) mass is 127 g/mol. The van der Waals surface area contributed by atoms with E-state index < -0.39 is 0 Å². The van der Waals surface area contributed by atoms with Crippen LogP contribution in [0, 0.1) is 0 Å². The van der Waals surface area contributed by atoms with Crippen LogP contribution in [0.25, 0.3) is 0 Å². The molecule has 0 aromatic heterocycles. The lowest BCUT2D eigenvalue weighted by Crippen LogP contribution is -1.98. The second kappa shape index (κ2) is 3.90. The van der Waals surface area contributed by atoms with Crippen molar-refractivity contribution in [2.45, 2.75) is 33.0 Å². The van der Waals surface area contributed by atoms with E-state index in [1.807, 2.05) is 0 Å². The van der Waals surface area contributed by atoms with E-state index in [4.69, 9.17) is 0 Å². The maximum Gasteiger partial charge on any atom is 0.0455 e. The van der Waals surface area contributed by atoms with E-state index in [-0.39, 0.29) is 8.80 Å². The normalized spacial score (nSPS) is 12.9. The third-order valence-corrected chi connectivity index (χ3v) is 2.39. The minimum absolute atomic E-state index is 0.0142. The lowest BCUT2D eigenvalue weighted by molar-refractivity contribution is 1.32. The Morgan fingerprint density at radius 2 is 2.00 bits per heavy atom. The molecule has 0 aromatic rings. The minimum atomic E-state index is -0.0142. The summed E-state index contributed by atoms with van der Waals surface area (Å²) < 4.78 is 0. The van der Waals surface area contributed by atoms with Crippen molar-refractivity contribution in [3.8, 4) is 0 Å². The van der Waals surface area contributed by atoms with Gasteiger partial charge in [-0.05, 0) is 19.9 Å². The fraction of sp³-hybridized carbons (Fsp3) is 0.714. The van der Waals surface area contributed by atoms with Crippen molar-refractivity contribution in [3.05, 3.63) is 11.6 Å². The van der Waals surface area contributed by atoms with Crippen LogP contribution in [-0.4, -0.2) is 8.80 Å². The van der Waals surface area contributed by atoms with Crippen LogP contribution in [0.4, 0.5) is 0 Å². The van der Waals surface area contributed by atoms with Crippen LogP contribution in [0.1, 0.15) is 13.8 Å². The van der Waals surface area contributed by atoms with Crippen LogP contribution in [0.5, 0.6) is 0 Å². The van der Waals surface area contributed by atoms with Gasteiger partial charge in [0.15, 0.2) is 0 Å². The molecule has 0 spiro atoms. The Hall–Kier alpha value is -0.0431. The zero-order valence-corrected chi connectivity index (χ0v) is 7.28. The van der Waals surface area contributed by atoms with Crippen LogP contribution in [0.15, 0.2) is 11.6 Å². The molecule has 0 aromatic carbocycles. The molecule has 0 aliphatic heterocycles. The first-order valence-electron chi connectivity index (χ1n) is 3.07. The van der Waals surface area contributed by atoms with Crippen LogP contribution >= 0.6 is 0 Å². The molecule has 1 radical (unpaired) electrons. The molecule has 8 heavy (non-hydrogen) atoms. The molecule has 1 heteroatoms. The van der Waals surface area contributed by atoms with E-state index in [2.05, 4.69) is 33.0 Å². The van der Waals surface area contributed by atoms with Gasteiger partial charge in [0.05, 0.1) is 0 Å². The first-order valence-corrected chi connectivity index (χ1v) is 5.78. The van der Waals surface area contributed by atoms with Gasteiger partial charge in [-0.25, -0.2) is 0 Å². The Morgan fingerprint density at radius 3 is 2.12 bits per heavy atom. The quantitative estimate of drug-likeness (QED) is 0.395. The summed E-state index contributed by atoms with van der Waals surface area (Å²) in [6.45, 7) is 9.01. The van der Waals surface area contributed by atoms with Gasteiger partial charge in [0.25, 0.3) is 0 Å². The highest BCUT2D eigenvalue weighted by Gasteiger charge is 1.94. The SMILES string of the molecule is C/C=C(\C)C[Si](C)C. The largest absolute Gasteiger partial charge is 0.0890 e. The number of rotatable bonds is 2. The van der Waals surface area contributed by atoms with Crippen molar-refractivity contribution in [2.24, 2.45) is 0 Å². The summed E-state index contributed by atoms with van der Waals surface area (Å²) in [7, 11) is -0.0142. The topological polar surface area (TPSA) is 0 Å². The highest BCUT2D eigenvalue weighted by atomic mass is 28.3. The Kier molecular flexibility index (Phi) is 3.88. The average Bonchev–Trinajstić information content (AvgIpc) is 1.65. The summed E-state index contributed by atoms with van der Waals surface area (Å²) in [5.74, 6) is 0. The van der Waals surface area contributed by atoms with Crippen molar-refractivity contribution in [2.75, 3.05) is 0 Å². The molecule has 0 saturated carbocycles.